The monoisotopic (exact) mass is 601 g/mol. The molecule has 6 nitrogen and oxygen atoms in total. The average molecular weight is 603 g/mol. The quantitative estimate of drug-likeness (QED) is 0.157. The van der Waals surface area contributed by atoms with Crippen molar-refractivity contribution in [2.75, 3.05) is 11.9 Å². The topological polar surface area (TPSA) is 84.2 Å². The van der Waals surface area contributed by atoms with Crippen LogP contribution in [-0.4, -0.2) is 33.0 Å². The Morgan fingerprint density at radius 1 is 0.976 bits per heavy atom. The standard InChI is InChI=1S/C32H25Cl2N3O3S/c1-20(38)29-13-14-30(41-29)23-7-2-21(3-8-23)6-15-31-36-28(26-12-9-24(33)16-27(26)34)19-37(31)18-22-4-10-25(11-5-22)35-17-32(39)40/h2-16,19,35H,17-18H2,1H3,(H,39,40)/b15-6+. The molecule has 3 aromatic carbocycles. The molecular weight excluding hydrogens is 577 g/mol. The van der Waals surface area contributed by atoms with Crippen LogP contribution in [0.1, 0.15) is 33.5 Å². The number of carbonyl (C=O) groups is 2. The Labute approximate surface area is 251 Å². The Morgan fingerprint density at radius 3 is 2.39 bits per heavy atom. The van der Waals surface area contributed by atoms with E-state index in [4.69, 9.17) is 33.3 Å². The molecule has 0 atom stereocenters. The molecule has 0 spiro atoms. The summed E-state index contributed by atoms with van der Waals surface area (Å²) in [6, 6.07) is 24.9. The SMILES string of the molecule is CC(=O)c1ccc(-c2ccc(/C=C/c3nc(-c4ccc(Cl)cc4Cl)cn3Cc3ccc(NCC(=O)O)cc3)cc2)s1. The Morgan fingerprint density at radius 2 is 1.73 bits per heavy atom. The molecule has 0 bridgehead atoms. The van der Waals surface area contributed by atoms with Gasteiger partial charge in [0, 0.05) is 33.9 Å². The number of hydrogen-bond acceptors (Lipinski definition) is 5. The number of anilines is 1. The first-order chi connectivity index (χ1) is 19.7. The van der Waals surface area contributed by atoms with E-state index in [1.165, 1.54) is 11.3 Å². The minimum absolute atomic E-state index is 0.0707. The van der Waals surface area contributed by atoms with Gasteiger partial charge in [0.25, 0.3) is 0 Å². The maximum atomic E-state index is 11.7. The second-order valence-corrected chi connectivity index (χ2v) is 11.3. The van der Waals surface area contributed by atoms with Crippen molar-refractivity contribution in [1.82, 2.24) is 9.55 Å². The van der Waals surface area contributed by atoms with Crippen LogP contribution in [0.4, 0.5) is 5.69 Å². The van der Waals surface area contributed by atoms with Crippen molar-refractivity contribution in [3.05, 3.63) is 117 Å². The average Bonchev–Trinajstić information content (AvgIpc) is 3.60. The molecule has 5 aromatic rings. The van der Waals surface area contributed by atoms with Crippen LogP contribution in [0.5, 0.6) is 0 Å². The van der Waals surface area contributed by atoms with Gasteiger partial charge in [0.15, 0.2) is 5.78 Å². The van der Waals surface area contributed by atoms with Gasteiger partial charge in [-0.15, -0.1) is 11.3 Å². The van der Waals surface area contributed by atoms with Gasteiger partial charge in [0.05, 0.1) is 15.6 Å². The highest BCUT2D eigenvalue weighted by Crippen LogP contribution is 2.31. The van der Waals surface area contributed by atoms with Crippen LogP contribution >= 0.6 is 34.5 Å². The number of Topliss-reactive ketones (excluding diaryl/α,β-unsaturated/α-hetero) is 1. The molecule has 0 aliphatic rings. The lowest BCUT2D eigenvalue weighted by molar-refractivity contribution is -0.134. The first kappa shape index (κ1) is 28.4. The van der Waals surface area contributed by atoms with Crippen LogP contribution < -0.4 is 5.32 Å². The molecule has 0 fully saturated rings. The molecule has 41 heavy (non-hydrogen) atoms. The van der Waals surface area contributed by atoms with E-state index in [0.29, 0.717) is 16.6 Å². The zero-order valence-corrected chi connectivity index (χ0v) is 24.3. The molecule has 0 aliphatic carbocycles. The Hall–Kier alpha value is -4.17. The smallest absolute Gasteiger partial charge is 0.322 e. The van der Waals surface area contributed by atoms with E-state index < -0.39 is 5.97 Å². The van der Waals surface area contributed by atoms with Crippen LogP contribution in [-0.2, 0) is 11.3 Å². The van der Waals surface area contributed by atoms with Crippen molar-refractivity contribution in [1.29, 1.82) is 0 Å². The lowest BCUT2D eigenvalue weighted by Gasteiger charge is -2.08. The third kappa shape index (κ3) is 7.13. The van der Waals surface area contributed by atoms with Crippen molar-refractivity contribution in [3.63, 3.8) is 0 Å². The van der Waals surface area contributed by atoms with Gasteiger partial charge >= 0.3 is 5.97 Å². The summed E-state index contributed by atoms with van der Waals surface area (Å²) < 4.78 is 2.04. The van der Waals surface area contributed by atoms with Crippen LogP contribution in [0.2, 0.25) is 10.0 Å². The number of nitrogens with zero attached hydrogens (tertiary/aromatic N) is 2. The molecule has 2 aromatic heterocycles. The van der Waals surface area contributed by atoms with Crippen molar-refractivity contribution >= 4 is 64.1 Å². The molecule has 0 saturated carbocycles. The zero-order chi connectivity index (χ0) is 28.9. The molecule has 0 saturated heterocycles. The fourth-order valence-electron chi connectivity index (χ4n) is 4.23. The van der Waals surface area contributed by atoms with E-state index in [9.17, 15) is 9.59 Å². The minimum atomic E-state index is -0.916. The van der Waals surface area contributed by atoms with Gasteiger partial charge < -0.3 is 15.0 Å². The molecule has 0 aliphatic heterocycles. The number of carboxylic acids is 1. The third-order valence-electron chi connectivity index (χ3n) is 6.34. The summed E-state index contributed by atoms with van der Waals surface area (Å²) in [6.07, 6.45) is 5.92. The van der Waals surface area contributed by atoms with Gasteiger partial charge in [-0.2, -0.15) is 0 Å². The molecule has 0 radical (unpaired) electrons. The maximum Gasteiger partial charge on any atom is 0.322 e. The minimum Gasteiger partial charge on any atom is -0.480 e. The van der Waals surface area contributed by atoms with Crippen LogP contribution in [0.3, 0.4) is 0 Å². The van der Waals surface area contributed by atoms with Gasteiger partial charge in [-0.05, 0) is 72.2 Å². The van der Waals surface area contributed by atoms with Gasteiger partial charge in [0.2, 0.25) is 0 Å². The van der Waals surface area contributed by atoms with Gasteiger partial charge in [-0.25, -0.2) is 4.98 Å². The second kappa shape index (κ2) is 12.6. The predicted octanol–water partition coefficient (Wildman–Crippen LogP) is 8.50. The number of benzene rings is 3. The molecule has 0 amide bonds. The van der Waals surface area contributed by atoms with Crippen LogP contribution in [0, 0.1) is 0 Å². The Kier molecular flexibility index (Phi) is 8.69. The molecule has 2 heterocycles. The van der Waals surface area contributed by atoms with Gasteiger partial charge in [0.1, 0.15) is 12.4 Å². The van der Waals surface area contributed by atoms with E-state index in [1.54, 1.807) is 19.1 Å². The largest absolute Gasteiger partial charge is 0.480 e. The second-order valence-electron chi connectivity index (χ2n) is 9.36. The first-order valence-corrected chi connectivity index (χ1v) is 14.3. The lowest BCUT2D eigenvalue weighted by Crippen LogP contribution is -2.12. The van der Waals surface area contributed by atoms with E-state index in [2.05, 4.69) is 5.32 Å². The number of rotatable bonds is 10. The number of carbonyl (C=O) groups excluding carboxylic acids is 1. The predicted molar refractivity (Wildman–Crippen MR) is 168 cm³/mol. The molecule has 206 valence electrons. The lowest BCUT2D eigenvalue weighted by atomic mass is 10.1. The van der Waals surface area contributed by atoms with Crippen molar-refractivity contribution in [2.24, 2.45) is 0 Å². The highest BCUT2D eigenvalue weighted by atomic mass is 35.5. The highest BCUT2D eigenvalue weighted by molar-refractivity contribution is 7.17. The third-order valence-corrected chi connectivity index (χ3v) is 8.12. The number of thiophene rings is 1. The summed E-state index contributed by atoms with van der Waals surface area (Å²) in [4.78, 5) is 29.2. The van der Waals surface area contributed by atoms with Crippen LogP contribution in [0.15, 0.2) is 85.1 Å². The number of ketones is 1. The summed E-state index contributed by atoms with van der Waals surface area (Å²) in [6.45, 7) is 1.98. The van der Waals surface area contributed by atoms with Crippen molar-refractivity contribution in [2.45, 2.75) is 13.5 Å². The van der Waals surface area contributed by atoms with E-state index >= 15 is 0 Å². The molecular formula is C32H25Cl2N3O3S. The fraction of sp³-hybridized carbons (Fsp3) is 0.0938. The first-order valence-electron chi connectivity index (χ1n) is 12.7. The molecule has 5 rings (SSSR count). The number of halogens is 2. The number of carboxylic acid groups (broad SMARTS) is 1. The summed E-state index contributed by atoms with van der Waals surface area (Å²) in [5.41, 5.74) is 5.33. The van der Waals surface area contributed by atoms with Crippen molar-refractivity contribution < 1.29 is 14.7 Å². The zero-order valence-electron chi connectivity index (χ0n) is 22.0. The number of aliphatic carboxylic acids is 1. The maximum absolute atomic E-state index is 11.7. The normalized spacial score (nSPS) is 11.2. The number of imidazole rings is 1. The van der Waals surface area contributed by atoms with E-state index in [1.807, 2.05) is 89.6 Å². The molecule has 0 unspecified atom stereocenters. The van der Waals surface area contributed by atoms with Gasteiger partial charge in [-0.3, -0.25) is 9.59 Å². The molecule has 2 N–H and O–H groups in total. The summed E-state index contributed by atoms with van der Waals surface area (Å²) in [7, 11) is 0. The van der Waals surface area contributed by atoms with E-state index in [-0.39, 0.29) is 12.3 Å². The fourth-order valence-corrected chi connectivity index (χ4v) is 5.64. The summed E-state index contributed by atoms with van der Waals surface area (Å²) in [5, 5.41) is 12.8. The summed E-state index contributed by atoms with van der Waals surface area (Å²) in [5.74, 6) is -0.102. The number of hydrogen-bond donors (Lipinski definition) is 2. The number of nitrogens with one attached hydrogen (secondary N) is 1. The highest BCUT2D eigenvalue weighted by Gasteiger charge is 2.12. The number of aromatic nitrogens is 2. The van der Waals surface area contributed by atoms with Gasteiger partial charge in [-0.1, -0.05) is 65.7 Å². The van der Waals surface area contributed by atoms with Crippen LogP contribution in [0.25, 0.3) is 33.9 Å². The molecule has 9 heteroatoms. The van der Waals surface area contributed by atoms with Crippen molar-refractivity contribution in [3.8, 4) is 21.7 Å². The summed E-state index contributed by atoms with van der Waals surface area (Å²) >= 11 is 14.1. The Bertz CT molecular complexity index is 1740. The Balaban J connectivity index is 1.41. The van der Waals surface area contributed by atoms with E-state index in [0.717, 1.165) is 49.2 Å².